The zero-order valence-corrected chi connectivity index (χ0v) is 15.2. The van der Waals surface area contributed by atoms with Gasteiger partial charge in [0.2, 0.25) is 0 Å². The first-order valence-electron chi connectivity index (χ1n) is 7.82. The molecule has 1 heterocycles. The van der Waals surface area contributed by atoms with Crippen molar-refractivity contribution < 1.29 is 0 Å². The first-order chi connectivity index (χ1) is 11.2. The molecule has 5 N–H and O–H groups in total. The lowest BCUT2D eigenvalue weighted by atomic mass is 10.0. The zero-order chi connectivity index (χ0) is 18.3. The van der Waals surface area contributed by atoms with Crippen LogP contribution in [0.3, 0.4) is 0 Å². The molecular formula is C18H28N6. The van der Waals surface area contributed by atoms with Gasteiger partial charge in [-0.25, -0.2) is 9.97 Å². The van der Waals surface area contributed by atoms with Crippen LogP contribution in [-0.4, -0.2) is 34.8 Å². The number of rotatable bonds is 8. The lowest BCUT2D eigenvalue weighted by Crippen LogP contribution is -2.41. The standard InChI is InChI=1S/C18H28N6/c1-7-13(9-8-12(2)3)15(19)14-16(20)22-11-23-17(14)24-18(4,5)10-21-6/h7-9,11,19,21H,1,10H2,2-6H3,(H3,20,22,23,24)/b13-9+,19-15?. The fraction of sp³-hybridized carbons (Fsp3) is 0.389. The Morgan fingerprint density at radius 1 is 1.33 bits per heavy atom. The van der Waals surface area contributed by atoms with E-state index in [4.69, 9.17) is 11.1 Å². The van der Waals surface area contributed by atoms with Crippen molar-refractivity contribution in [3.8, 4) is 0 Å². The molecule has 0 unspecified atom stereocenters. The molecule has 24 heavy (non-hydrogen) atoms. The summed E-state index contributed by atoms with van der Waals surface area (Å²) in [7, 11) is 1.89. The molecule has 0 saturated heterocycles. The van der Waals surface area contributed by atoms with Gasteiger partial charge in [-0.15, -0.1) is 0 Å². The van der Waals surface area contributed by atoms with E-state index >= 15 is 0 Å². The Balaban J connectivity index is 3.32. The summed E-state index contributed by atoms with van der Waals surface area (Å²) in [6, 6.07) is 0. The van der Waals surface area contributed by atoms with Gasteiger partial charge in [0.15, 0.2) is 0 Å². The van der Waals surface area contributed by atoms with Gasteiger partial charge in [-0.2, -0.15) is 0 Å². The Kier molecular flexibility index (Phi) is 6.85. The van der Waals surface area contributed by atoms with Crippen molar-refractivity contribution in [1.82, 2.24) is 15.3 Å². The third kappa shape index (κ3) is 5.31. The fourth-order valence-electron chi connectivity index (χ4n) is 2.20. The smallest absolute Gasteiger partial charge is 0.141 e. The van der Waals surface area contributed by atoms with Gasteiger partial charge in [-0.05, 0) is 40.3 Å². The Labute approximate surface area is 144 Å². The summed E-state index contributed by atoms with van der Waals surface area (Å²) in [6.07, 6.45) is 6.82. The number of nitrogen functional groups attached to an aromatic ring is 1. The predicted molar refractivity (Wildman–Crippen MR) is 103 cm³/mol. The number of hydrogen-bond donors (Lipinski definition) is 4. The Morgan fingerprint density at radius 2 is 2.00 bits per heavy atom. The molecule has 0 spiro atoms. The first-order valence-corrected chi connectivity index (χ1v) is 7.82. The molecule has 0 fully saturated rings. The summed E-state index contributed by atoms with van der Waals surface area (Å²) in [5.41, 5.74) is 8.29. The van der Waals surface area contributed by atoms with Crippen LogP contribution in [0.25, 0.3) is 0 Å². The monoisotopic (exact) mass is 328 g/mol. The summed E-state index contributed by atoms with van der Waals surface area (Å²) in [6.45, 7) is 12.6. The highest BCUT2D eigenvalue weighted by Gasteiger charge is 2.22. The van der Waals surface area contributed by atoms with Crippen LogP contribution in [0.4, 0.5) is 11.6 Å². The Bertz CT molecular complexity index is 666. The van der Waals surface area contributed by atoms with Gasteiger partial charge in [0, 0.05) is 12.1 Å². The van der Waals surface area contributed by atoms with Crippen molar-refractivity contribution in [1.29, 1.82) is 5.41 Å². The molecule has 1 aromatic rings. The minimum atomic E-state index is -0.261. The molecule has 0 amide bonds. The van der Waals surface area contributed by atoms with Gasteiger partial charge < -0.3 is 16.4 Å². The number of anilines is 2. The quantitative estimate of drug-likeness (QED) is 0.434. The second-order valence-corrected chi connectivity index (χ2v) is 6.47. The van der Waals surface area contributed by atoms with E-state index < -0.39 is 0 Å². The van der Waals surface area contributed by atoms with Crippen molar-refractivity contribution in [3.05, 3.63) is 47.8 Å². The van der Waals surface area contributed by atoms with Crippen LogP contribution >= 0.6 is 0 Å². The molecule has 0 bridgehead atoms. The summed E-state index contributed by atoms with van der Waals surface area (Å²) in [4.78, 5) is 8.33. The summed E-state index contributed by atoms with van der Waals surface area (Å²) in [5.74, 6) is 0.806. The van der Waals surface area contributed by atoms with Gasteiger partial charge >= 0.3 is 0 Å². The fourth-order valence-corrected chi connectivity index (χ4v) is 2.20. The summed E-state index contributed by atoms with van der Waals surface area (Å²) >= 11 is 0. The lowest BCUT2D eigenvalue weighted by molar-refractivity contribution is 0.528. The number of aromatic nitrogens is 2. The average molecular weight is 328 g/mol. The van der Waals surface area contributed by atoms with Gasteiger partial charge in [0.25, 0.3) is 0 Å². The SMILES string of the molecule is C=C/C(=C\C=C(C)C)C(=N)c1c(N)ncnc1NC(C)(C)CNC. The van der Waals surface area contributed by atoms with E-state index in [2.05, 4.69) is 27.2 Å². The summed E-state index contributed by atoms with van der Waals surface area (Å²) < 4.78 is 0. The van der Waals surface area contributed by atoms with E-state index in [0.717, 1.165) is 12.1 Å². The van der Waals surface area contributed by atoms with Crippen LogP contribution in [0.5, 0.6) is 0 Å². The number of likely N-dealkylation sites (N-methyl/N-ethyl adjacent to an activating group) is 1. The zero-order valence-electron chi connectivity index (χ0n) is 15.2. The highest BCUT2D eigenvalue weighted by molar-refractivity contribution is 6.17. The van der Waals surface area contributed by atoms with E-state index in [-0.39, 0.29) is 17.1 Å². The first kappa shape index (κ1) is 19.6. The molecule has 0 atom stereocenters. The van der Waals surface area contributed by atoms with E-state index in [1.807, 2.05) is 46.9 Å². The van der Waals surface area contributed by atoms with E-state index in [1.165, 1.54) is 6.33 Å². The van der Waals surface area contributed by atoms with E-state index in [9.17, 15) is 0 Å². The van der Waals surface area contributed by atoms with Crippen LogP contribution in [0.2, 0.25) is 0 Å². The largest absolute Gasteiger partial charge is 0.383 e. The molecule has 1 aromatic heterocycles. The highest BCUT2D eigenvalue weighted by atomic mass is 15.1. The predicted octanol–water partition coefficient (Wildman–Crippen LogP) is 2.92. The van der Waals surface area contributed by atoms with E-state index in [0.29, 0.717) is 17.0 Å². The minimum Gasteiger partial charge on any atom is -0.383 e. The van der Waals surface area contributed by atoms with Crippen LogP contribution in [0.1, 0.15) is 33.3 Å². The third-order valence-electron chi connectivity index (χ3n) is 3.31. The van der Waals surface area contributed by atoms with Gasteiger partial charge in [0.1, 0.15) is 18.0 Å². The van der Waals surface area contributed by atoms with Crippen molar-refractivity contribution in [2.75, 3.05) is 24.6 Å². The van der Waals surface area contributed by atoms with Gasteiger partial charge in [-0.3, -0.25) is 5.41 Å². The molecule has 6 heteroatoms. The van der Waals surface area contributed by atoms with Crippen molar-refractivity contribution >= 4 is 17.3 Å². The normalized spacial score (nSPS) is 11.8. The lowest BCUT2D eigenvalue weighted by Gasteiger charge is -2.28. The molecule has 0 aromatic carbocycles. The molecule has 0 aliphatic rings. The highest BCUT2D eigenvalue weighted by Crippen LogP contribution is 2.24. The third-order valence-corrected chi connectivity index (χ3v) is 3.31. The second kappa shape index (κ2) is 8.40. The second-order valence-electron chi connectivity index (χ2n) is 6.47. The van der Waals surface area contributed by atoms with Crippen LogP contribution in [0.15, 0.2) is 42.3 Å². The maximum atomic E-state index is 8.54. The molecule has 130 valence electrons. The molecule has 0 radical (unpaired) electrons. The number of nitrogens with two attached hydrogens (primary N) is 1. The number of nitrogens with one attached hydrogen (secondary N) is 3. The van der Waals surface area contributed by atoms with Gasteiger partial charge in [-0.1, -0.05) is 30.4 Å². The number of nitrogens with zero attached hydrogens (tertiary/aromatic N) is 2. The molecule has 1 rings (SSSR count). The molecule has 6 nitrogen and oxygen atoms in total. The van der Waals surface area contributed by atoms with Gasteiger partial charge in [0.05, 0.1) is 11.3 Å². The topological polar surface area (TPSA) is 99.7 Å². The van der Waals surface area contributed by atoms with Crippen LogP contribution in [0, 0.1) is 5.41 Å². The maximum Gasteiger partial charge on any atom is 0.141 e. The molecule has 0 aliphatic carbocycles. The molecular weight excluding hydrogens is 300 g/mol. The Morgan fingerprint density at radius 3 is 2.54 bits per heavy atom. The number of allylic oxidation sites excluding steroid dienone is 5. The van der Waals surface area contributed by atoms with Crippen molar-refractivity contribution in [2.45, 2.75) is 33.2 Å². The average Bonchev–Trinajstić information content (AvgIpc) is 2.46. The van der Waals surface area contributed by atoms with Crippen LogP contribution in [-0.2, 0) is 0 Å². The maximum absolute atomic E-state index is 8.54. The van der Waals surface area contributed by atoms with Crippen molar-refractivity contribution in [3.63, 3.8) is 0 Å². The Hall–Kier alpha value is -2.47. The molecule has 0 saturated carbocycles. The van der Waals surface area contributed by atoms with Crippen molar-refractivity contribution in [2.24, 2.45) is 0 Å². The molecule has 0 aliphatic heterocycles. The van der Waals surface area contributed by atoms with Crippen LogP contribution < -0.4 is 16.4 Å². The van der Waals surface area contributed by atoms with E-state index in [1.54, 1.807) is 6.08 Å². The summed E-state index contributed by atoms with van der Waals surface area (Å²) in [5, 5.41) is 15.0. The number of hydrogen-bond acceptors (Lipinski definition) is 6. The minimum absolute atomic E-state index is 0.239.